The van der Waals surface area contributed by atoms with Gasteiger partial charge in [0, 0.05) is 0 Å². The number of allylic oxidation sites excluding steroid dienone is 1. The molecule has 1 amide bonds. The highest BCUT2D eigenvalue weighted by atomic mass is 16.2. The van der Waals surface area contributed by atoms with Crippen molar-refractivity contribution in [2.24, 2.45) is 0 Å². The molecule has 82 valence electrons. The SMILES string of the molecule is CC/C(C)=C\c1cccc2c1C(=O)C(=O)N2. The zero-order valence-electron chi connectivity index (χ0n) is 9.33. The summed E-state index contributed by atoms with van der Waals surface area (Å²) >= 11 is 0. The fourth-order valence-electron chi connectivity index (χ4n) is 1.71. The van der Waals surface area contributed by atoms with Crippen molar-refractivity contribution in [3.8, 4) is 0 Å². The minimum atomic E-state index is -0.537. The van der Waals surface area contributed by atoms with Gasteiger partial charge in [0.1, 0.15) is 0 Å². The van der Waals surface area contributed by atoms with Crippen molar-refractivity contribution in [1.29, 1.82) is 0 Å². The number of nitrogens with one attached hydrogen (secondary N) is 1. The average molecular weight is 215 g/mol. The maximum atomic E-state index is 11.6. The zero-order valence-corrected chi connectivity index (χ0v) is 9.33. The highest BCUT2D eigenvalue weighted by Crippen LogP contribution is 2.27. The van der Waals surface area contributed by atoms with Gasteiger partial charge >= 0.3 is 0 Å². The van der Waals surface area contributed by atoms with Gasteiger partial charge in [0.2, 0.25) is 0 Å². The monoisotopic (exact) mass is 215 g/mol. The number of fused-ring (bicyclic) bond motifs is 1. The van der Waals surface area contributed by atoms with E-state index in [4.69, 9.17) is 0 Å². The fourth-order valence-corrected chi connectivity index (χ4v) is 1.71. The Labute approximate surface area is 94.2 Å². The molecule has 1 aromatic rings. The van der Waals surface area contributed by atoms with Gasteiger partial charge in [-0.3, -0.25) is 9.59 Å². The van der Waals surface area contributed by atoms with E-state index in [0.717, 1.165) is 12.0 Å². The second-order valence-corrected chi connectivity index (χ2v) is 3.90. The van der Waals surface area contributed by atoms with E-state index in [0.29, 0.717) is 11.3 Å². The van der Waals surface area contributed by atoms with Crippen molar-refractivity contribution >= 4 is 23.5 Å². The summed E-state index contributed by atoms with van der Waals surface area (Å²) in [6.07, 6.45) is 2.89. The molecule has 0 atom stereocenters. The summed E-state index contributed by atoms with van der Waals surface area (Å²) in [5, 5.41) is 2.56. The van der Waals surface area contributed by atoms with Gasteiger partial charge in [-0.15, -0.1) is 0 Å². The molecule has 0 fully saturated rings. The number of ketones is 1. The van der Waals surface area contributed by atoms with Crippen molar-refractivity contribution in [3.63, 3.8) is 0 Å². The summed E-state index contributed by atoms with van der Waals surface area (Å²) in [6, 6.07) is 5.44. The normalized spacial score (nSPS) is 15.0. The third-order valence-electron chi connectivity index (χ3n) is 2.74. The Hall–Kier alpha value is -1.90. The summed E-state index contributed by atoms with van der Waals surface area (Å²) in [5.74, 6) is -0.976. The van der Waals surface area contributed by atoms with Crippen LogP contribution >= 0.6 is 0 Å². The van der Waals surface area contributed by atoms with E-state index in [2.05, 4.69) is 12.2 Å². The lowest BCUT2D eigenvalue weighted by Gasteiger charge is -2.02. The molecule has 1 aliphatic rings. The van der Waals surface area contributed by atoms with Gasteiger partial charge in [0.25, 0.3) is 11.7 Å². The first-order valence-electron chi connectivity index (χ1n) is 5.29. The Bertz CT molecular complexity index is 501. The number of carbonyl (C=O) groups excluding carboxylic acids is 2. The lowest BCUT2D eigenvalue weighted by molar-refractivity contribution is -0.112. The van der Waals surface area contributed by atoms with E-state index in [1.807, 2.05) is 25.1 Å². The molecule has 0 unspecified atom stereocenters. The summed E-state index contributed by atoms with van der Waals surface area (Å²) in [5.41, 5.74) is 3.12. The van der Waals surface area contributed by atoms with E-state index in [1.165, 1.54) is 5.57 Å². The molecule has 0 radical (unpaired) electrons. The van der Waals surface area contributed by atoms with Crippen LogP contribution in [0.1, 0.15) is 36.2 Å². The molecular formula is C13H13NO2. The van der Waals surface area contributed by atoms with Gasteiger partial charge in [-0.2, -0.15) is 0 Å². The molecule has 0 spiro atoms. The van der Waals surface area contributed by atoms with Crippen molar-refractivity contribution in [2.45, 2.75) is 20.3 Å². The number of Topliss-reactive ketones (excluding diaryl/α,β-unsaturated/α-hetero) is 1. The van der Waals surface area contributed by atoms with Gasteiger partial charge in [-0.1, -0.05) is 30.7 Å². The van der Waals surface area contributed by atoms with Crippen LogP contribution in [0, 0.1) is 0 Å². The summed E-state index contributed by atoms with van der Waals surface area (Å²) < 4.78 is 0. The van der Waals surface area contributed by atoms with Crippen LogP contribution in [0.15, 0.2) is 23.8 Å². The molecule has 0 bridgehead atoms. The fraction of sp³-hybridized carbons (Fsp3) is 0.231. The van der Waals surface area contributed by atoms with Gasteiger partial charge < -0.3 is 5.32 Å². The Balaban J connectivity index is 2.55. The molecule has 2 rings (SSSR count). The predicted octanol–water partition coefficient (Wildman–Crippen LogP) is 2.63. The van der Waals surface area contributed by atoms with Crippen molar-refractivity contribution in [2.75, 3.05) is 5.32 Å². The van der Waals surface area contributed by atoms with E-state index < -0.39 is 11.7 Å². The van der Waals surface area contributed by atoms with E-state index in [1.54, 1.807) is 6.07 Å². The second kappa shape index (κ2) is 3.93. The van der Waals surface area contributed by atoms with Gasteiger partial charge in [0.05, 0.1) is 11.3 Å². The minimum absolute atomic E-state index is 0.439. The first kappa shape index (κ1) is 10.6. The molecule has 0 aromatic heterocycles. The number of anilines is 1. The largest absolute Gasteiger partial charge is 0.318 e. The van der Waals surface area contributed by atoms with Crippen LogP contribution in [0.4, 0.5) is 5.69 Å². The highest BCUT2D eigenvalue weighted by molar-refractivity contribution is 6.52. The second-order valence-electron chi connectivity index (χ2n) is 3.90. The van der Waals surface area contributed by atoms with Crippen molar-refractivity contribution < 1.29 is 9.59 Å². The van der Waals surface area contributed by atoms with Crippen LogP contribution < -0.4 is 5.32 Å². The lowest BCUT2D eigenvalue weighted by Crippen LogP contribution is -2.12. The number of hydrogen-bond donors (Lipinski definition) is 1. The Kier molecular flexibility index (Phi) is 2.60. The lowest BCUT2D eigenvalue weighted by atomic mass is 10.0. The van der Waals surface area contributed by atoms with Gasteiger partial charge in [0.15, 0.2) is 0 Å². The Morgan fingerprint density at radius 1 is 1.38 bits per heavy atom. The molecule has 1 aliphatic heterocycles. The van der Waals surface area contributed by atoms with Crippen molar-refractivity contribution in [3.05, 3.63) is 34.9 Å². The molecule has 3 heteroatoms. The van der Waals surface area contributed by atoms with Crippen LogP contribution in [0.25, 0.3) is 6.08 Å². The van der Waals surface area contributed by atoms with E-state index in [-0.39, 0.29) is 0 Å². The third-order valence-corrected chi connectivity index (χ3v) is 2.74. The molecule has 0 saturated heterocycles. The van der Waals surface area contributed by atoms with Gasteiger partial charge in [-0.05, 0) is 25.0 Å². The van der Waals surface area contributed by atoms with Crippen LogP contribution in [0.2, 0.25) is 0 Å². The van der Waals surface area contributed by atoms with Gasteiger partial charge in [-0.25, -0.2) is 0 Å². The molecular weight excluding hydrogens is 202 g/mol. The maximum absolute atomic E-state index is 11.6. The summed E-state index contributed by atoms with van der Waals surface area (Å²) in [7, 11) is 0. The standard InChI is InChI=1S/C13H13NO2/c1-3-8(2)7-9-5-4-6-10-11(9)12(15)13(16)14-10/h4-7H,3H2,1-2H3,(H,14,15,16)/b8-7-. The number of benzene rings is 1. The highest BCUT2D eigenvalue weighted by Gasteiger charge is 2.29. The predicted molar refractivity (Wildman–Crippen MR) is 63.3 cm³/mol. The zero-order chi connectivity index (χ0) is 11.7. The van der Waals surface area contributed by atoms with Crippen LogP contribution in [-0.2, 0) is 4.79 Å². The Morgan fingerprint density at radius 2 is 2.12 bits per heavy atom. The molecule has 1 aromatic carbocycles. The Morgan fingerprint density at radius 3 is 2.81 bits per heavy atom. The number of hydrogen-bond acceptors (Lipinski definition) is 2. The maximum Gasteiger partial charge on any atom is 0.296 e. The summed E-state index contributed by atoms with van der Waals surface area (Å²) in [6.45, 7) is 4.06. The molecule has 1 N–H and O–H groups in total. The number of amides is 1. The molecule has 16 heavy (non-hydrogen) atoms. The molecule has 0 aliphatic carbocycles. The molecule has 3 nitrogen and oxygen atoms in total. The minimum Gasteiger partial charge on any atom is -0.318 e. The smallest absolute Gasteiger partial charge is 0.296 e. The number of carbonyl (C=O) groups is 2. The molecule has 0 saturated carbocycles. The topological polar surface area (TPSA) is 46.2 Å². The van der Waals surface area contributed by atoms with Crippen LogP contribution in [0.5, 0.6) is 0 Å². The summed E-state index contributed by atoms with van der Waals surface area (Å²) in [4.78, 5) is 22.9. The van der Waals surface area contributed by atoms with Crippen molar-refractivity contribution in [1.82, 2.24) is 0 Å². The first-order valence-corrected chi connectivity index (χ1v) is 5.29. The first-order chi connectivity index (χ1) is 7.63. The molecule has 1 heterocycles. The third kappa shape index (κ3) is 1.65. The van der Waals surface area contributed by atoms with E-state index >= 15 is 0 Å². The number of rotatable bonds is 2. The van der Waals surface area contributed by atoms with Crippen LogP contribution in [0.3, 0.4) is 0 Å². The average Bonchev–Trinajstić information content (AvgIpc) is 2.56. The quantitative estimate of drug-likeness (QED) is 0.771. The van der Waals surface area contributed by atoms with E-state index in [9.17, 15) is 9.59 Å². The van der Waals surface area contributed by atoms with Crippen LogP contribution in [-0.4, -0.2) is 11.7 Å².